The number of carbonyl (C=O) groups excluding carboxylic acids is 2. The summed E-state index contributed by atoms with van der Waals surface area (Å²) in [6, 6.07) is 0. The van der Waals surface area contributed by atoms with E-state index in [4.69, 9.17) is 5.11 Å². The van der Waals surface area contributed by atoms with Crippen molar-refractivity contribution < 1.29 is 19.5 Å². The molecule has 0 unspecified atom stereocenters. The van der Waals surface area contributed by atoms with E-state index in [-0.39, 0.29) is 30.7 Å². The van der Waals surface area contributed by atoms with Crippen LogP contribution in [0.4, 0.5) is 0 Å². The van der Waals surface area contributed by atoms with Gasteiger partial charge in [0, 0.05) is 32.5 Å². The number of piperidine rings is 1. The average molecular weight is 242 g/mol. The number of amides is 2. The fourth-order valence-corrected chi connectivity index (χ4v) is 1.92. The molecule has 1 rings (SSSR count). The van der Waals surface area contributed by atoms with Gasteiger partial charge >= 0.3 is 5.97 Å². The Hall–Kier alpha value is -1.59. The lowest BCUT2D eigenvalue weighted by molar-refractivity contribution is -0.149. The van der Waals surface area contributed by atoms with Gasteiger partial charge in [-0.05, 0) is 13.3 Å². The summed E-state index contributed by atoms with van der Waals surface area (Å²) in [5.74, 6) is -1.67. The maximum absolute atomic E-state index is 12.0. The molecular formula is C11H18N2O4. The Kier molecular flexibility index (Phi) is 4.48. The van der Waals surface area contributed by atoms with Crippen molar-refractivity contribution in [1.82, 2.24) is 9.80 Å². The molecule has 0 radical (unpaired) electrons. The molecule has 6 heteroatoms. The number of carbonyl (C=O) groups is 3. The Morgan fingerprint density at radius 3 is 2.65 bits per heavy atom. The molecule has 0 spiro atoms. The van der Waals surface area contributed by atoms with Crippen LogP contribution >= 0.6 is 0 Å². The van der Waals surface area contributed by atoms with E-state index in [1.807, 2.05) is 0 Å². The minimum absolute atomic E-state index is 0.0546. The average Bonchev–Trinajstić information content (AvgIpc) is 2.28. The molecule has 1 aliphatic heterocycles. The zero-order chi connectivity index (χ0) is 13.0. The first-order chi connectivity index (χ1) is 7.95. The molecule has 96 valence electrons. The van der Waals surface area contributed by atoms with Crippen molar-refractivity contribution in [2.45, 2.75) is 19.8 Å². The fraction of sp³-hybridized carbons (Fsp3) is 0.727. The van der Waals surface area contributed by atoms with Crippen molar-refractivity contribution in [3.8, 4) is 0 Å². The van der Waals surface area contributed by atoms with Gasteiger partial charge in [-0.2, -0.15) is 0 Å². The number of aliphatic carboxylic acids is 1. The number of hydrogen-bond acceptors (Lipinski definition) is 3. The van der Waals surface area contributed by atoms with Crippen LogP contribution in [0.1, 0.15) is 19.8 Å². The minimum atomic E-state index is -1.03. The van der Waals surface area contributed by atoms with Crippen LogP contribution in [-0.4, -0.2) is 59.4 Å². The van der Waals surface area contributed by atoms with Gasteiger partial charge in [0.1, 0.15) is 6.54 Å². The van der Waals surface area contributed by atoms with Gasteiger partial charge < -0.3 is 14.9 Å². The lowest BCUT2D eigenvalue weighted by Gasteiger charge is -2.31. The van der Waals surface area contributed by atoms with Gasteiger partial charge in [-0.25, -0.2) is 0 Å². The molecule has 0 aromatic rings. The molecule has 1 aliphatic rings. The van der Waals surface area contributed by atoms with Crippen molar-refractivity contribution >= 4 is 17.8 Å². The van der Waals surface area contributed by atoms with E-state index in [1.54, 1.807) is 18.9 Å². The van der Waals surface area contributed by atoms with E-state index in [1.165, 1.54) is 4.90 Å². The van der Waals surface area contributed by atoms with Crippen molar-refractivity contribution in [1.29, 1.82) is 0 Å². The van der Waals surface area contributed by atoms with Crippen LogP contribution in [-0.2, 0) is 14.4 Å². The van der Waals surface area contributed by atoms with E-state index in [0.717, 1.165) is 0 Å². The third kappa shape index (κ3) is 3.44. The Morgan fingerprint density at radius 1 is 1.53 bits per heavy atom. The molecule has 1 fully saturated rings. The molecule has 0 aromatic carbocycles. The van der Waals surface area contributed by atoms with E-state index >= 15 is 0 Å². The second-order valence-electron chi connectivity index (χ2n) is 4.25. The summed E-state index contributed by atoms with van der Waals surface area (Å²) in [7, 11) is 1.71. The predicted octanol–water partition coefficient (Wildman–Crippen LogP) is -0.212. The highest BCUT2D eigenvalue weighted by atomic mass is 16.4. The molecule has 2 amide bonds. The molecule has 0 aliphatic carbocycles. The van der Waals surface area contributed by atoms with Crippen LogP contribution in [0.2, 0.25) is 0 Å². The van der Waals surface area contributed by atoms with Gasteiger partial charge in [-0.1, -0.05) is 0 Å². The number of carboxylic acids is 1. The number of carboxylic acid groups (broad SMARTS) is 1. The van der Waals surface area contributed by atoms with E-state index in [2.05, 4.69) is 0 Å². The second-order valence-corrected chi connectivity index (χ2v) is 4.25. The largest absolute Gasteiger partial charge is 0.480 e. The molecule has 1 N–H and O–H groups in total. The first kappa shape index (κ1) is 13.5. The van der Waals surface area contributed by atoms with Crippen LogP contribution in [0.3, 0.4) is 0 Å². The van der Waals surface area contributed by atoms with Crippen LogP contribution < -0.4 is 0 Å². The smallest absolute Gasteiger partial charge is 0.323 e. The van der Waals surface area contributed by atoms with Crippen LogP contribution in [0.15, 0.2) is 0 Å². The summed E-state index contributed by atoms with van der Waals surface area (Å²) < 4.78 is 0. The predicted molar refractivity (Wildman–Crippen MR) is 60.3 cm³/mol. The molecule has 17 heavy (non-hydrogen) atoms. The summed E-state index contributed by atoms with van der Waals surface area (Å²) in [6.07, 6.45) is 0.794. The normalized spacial score (nSPS) is 20.2. The van der Waals surface area contributed by atoms with E-state index < -0.39 is 5.97 Å². The number of nitrogens with zero attached hydrogens (tertiary/aromatic N) is 2. The third-order valence-electron chi connectivity index (χ3n) is 3.03. The molecule has 1 heterocycles. The molecule has 6 nitrogen and oxygen atoms in total. The number of likely N-dealkylation sites (N-methyl/N-ethyl adjacent to an activating group) is 1. The molecule has 1 saturated heterocycles. The second kappa shape index (κ2) is 5.65. The SMILES string of the molecule is CCN(CC(=O)O)C(=O)[C@@H]1CCN(C)C(=O)C1. The molecule has 0 aromatic heterocycles. The lowest BCUT2D eigenvalue weighted by atomic mass is 9.95. The first-order valence-corrected chi connectivity index (χ1v) is 5.70. The summed E-state index contributed by atoms with van der Waals surface area (Å²) in [6.45, 7) is 2.35. The summed E-state index contributed by atoms with van der Waals surface area (Å²) in [5, 5.41) is 8.69. The Balaban J connectivity index is 2.62. The van der Waals surface area contributed by atoms with E-state index in [0.29, 0.717) is 19.5 Å². The Bertz CT molecular complexity index is 329. The Labute approximate surface area is 100 Å². The molecule has 1 atom stereocenters. The van der Waals surface area contributed by atoms with Crippen molar-refractivity contribution in [3.05, 3.63) is 0 Å². The van der Waals surface area contributed by atoms with Crippen LogP contribution in [0.25, 0.3) is 0 Å². The zero-order valence-corrected chi connectivity index (χ0v) is 10.2. The molecule has 0 bridgehead atoms. The monoisotopic (exact) mass is 242 g/mol. The highest BCUT2D eigenvalue weighted by Gasteiger charge is 2.31. The number of rotatable bonds is 4. The standard InChI is InChI=1S/C11H18N2O4/c1-3-13(7-10(15)16)11(17)8-4-5-12(2)9(14)6-8/h8H,3-7H2,1-2H3,(H,15,16)/t8-/m1/s1. The number of hydrogen-bond donors (Lipinski definition) is 1. The van der Waals surface area contributed by atoms with Crippen molar-refractivity contribution in [2.24, 2.45) is 5.92 Å². The third-order valence-corrected chi connectivity index (χ3v) is 3.03. The maximum atomic E-state index is 12.0. The van der Waals surface area contributed by atoms with Crippen LogP contribution in [0, 0.1) is 5.92 Å². The Morgan fingerprint density at radius 2 is 2.18 bits per heavy atom. The van der Waals surface area contributed by atoms with E-state index in [9.17, 15) is 14.4 Å². The quantitative estimate of drug-likeness (QED) is 0.739. The fourth-order valence-electron chi connectivity index (χ4n) is 1.92. The first-order valence-electron chi connectivity index (χ1n) is 5.70. The number of likely N-dealkylation sites (tertiary alicyclic amines) is 1. The molecular weight excluding hydrogens is 224 g/mol. The van der Waals surface area contributed by atoms with Crippen molar-refractivity contribution in [2.75, 3.05) is 26.7 Å². The summed E-state index contributed by atoms with van der Waals surface area (Å²) >= 11 is 0. The van der Waals surface area contributed by atoms with Gasteiger partial charge in [-0.3, -0.25) is 14.4 Å². The van der Waals surface area contributed by atoms with Gasteiger partial charge in [0.15, 0.2) is 0 Å². The summed E-state index contributed by atoms with van der Waals surface area (Å²) in [5.41, 5.74) is 0. The van der Waals surface area contributed by atoms with Gasteiger partial charge in [0.25, 0.3) is 0 Å². The highest BCUT2D eigenvalue weighted by molar-refractivity contribution is 5.88. The topological polar surface area (TPSA) is 77.9 Å². The lowest BCUT2D eigenvalue weighted by Crippen LogP contribution is -2.45. The molecule has 0 saturated carbocycles. The van der Waals surface area contributed by atoms with Crippen LogP contribution in [0.5, 0.6) is 0 Å². The highest BCUT2D eigenvalue weighted by Crippen LogP contribution is 2.19. The van der Waals surface area contributed by atoms with Gasteiger partial charge in [0.05, 0.1) is 0 Å². The maximum Gasteiger partial charge on any atom is 0.323 e. The van der Waals surface area contributed by atoms with Gasteiger partial charge in [0.2, 0.25) is 11.8 Å². The minimum Gasteiger partial charge on any atom is -0.480 e. The zero-order valence-electron chi connectivity index (χ0n) is 10.2. The van der Waals surface area contributed by atoms with Crippen molar-refractivity contribution in [3.63, 3.8) is 0 Å². The summed E-state index contributed by atoms with van der Waals surface area (Å²) in [4.78, 5) is 37.0. The van der Waals surface area contributed by atoms with Gasteiger partial charge in [-0.15, -0.1) is 0 Å².